The minimum Gasteiger partial charge on any atom is -0.377 e. The van der Waals surface area contributed by atoms with Gasteiger partial charge in [-0.3, -0.25) is 14.8 Å². The molecule has 12 rings (SSSR count). The molecule has 0 radical (unpaired) electrons. The van der Waals surface area contributed by atoms with Gasteiger partial charge >= 0.3 is 5.82 Å². The lowest BCUT2D eigenvalue weighted by atomic mass is 9.89. The molecule has 0 saturated carbocycles. The molecule has 8 aromatic heterocycles. The third-order valence-electron chi connectivity index (χ3n) is 11.8. The Hall–Kier alpha value is -6.36. The van der Waals surface area contributed by atoms with Gasteiger partial charge in [0.05, 0.1) is 62.3 Å². The summed E-state index contributed by atoms with van der Waals surface area (Å²) in [6, 6.07) is 0. The first-order valence-corrected chi connectivity index (χ1v) is 20.6. The van der Waals surface area contributed by atoms with Crippen LogP contribution in [-0.4, -0.2) is 108 Å². The number of anilines is 2. The largest absolute Gasteiger partial charge is 0.377 e. The van der Waals surface area contributed by atoms with Crippen molar-refractivity contribution in [2.24, 2.45) is 0 Å². The van der Waals surface area contributed by atoms with E-state index >= 15 is 0 Å². The van der Waals surface area contributed by atoms with Crippen LogP contribution in [0, 0.1) is 0 Å². The first-order chi connectivity index (χ1) is 28.6. The number of ether oxygens (including phenoxy) is 2. The number of nitrogens with zero attached hydrogens (tertiary/aromatic N) is 16. The summed E-state index contributed by atoms with van der Waals surface area (Å²) in [5.41, 5.74) is 3.45. The molecule has 2 saturated heterocycles. The molecule has 4 aliphatic rings. The van der Waals surface area contributed by atoms with Crippen molar-refractivity contribution in [2.45, 2.75) is 44.0 Å². The second kappa shape index (κ2) is 12.6. The Morgan fingerprint density at radius 1 is 0.845 bits per heavy atom. The molecular weight excluding hydrogens is 781 g/mol. The lowest BCUT2D eigenvalue weighted by Gasteiger charge is -2.50. The molecule has 58 heavy (non-hydrogen) atoms. The zero-order valence-corrected chi connectivity index (χ0v) is 32.7. The summed E-state index contributed by atoms with van der Waals surface area (Å²) in [6.07, 6.45) is 15.4. The molecule has 20 nitrogen and oxygen atoms in total. The van der Waals surface area contributed by atoms with Gasteiger partial charge in [-0.15, -0.1) is 32.9 Å². The third-order valence-corrected chi connectivity index (χ3v) is 13.4. The van der Waals surface area contributed by atoms with Crippen molar-refractivity contribution < 1.29 is 14.0 Å². The van der Waals surface area contributed by atoms with Crippen LogP contribution in [0.25, 0.3) is 55.6 Å². The van der Waals surface area contributed by atoms with Crippen LogP contribution >= 0.6 is 22.7 Å². The summed E-state index contributed by atoms with van der Waals surface area (Å²) in [5, 5.41) is 34.7. The standard InChI is InChI=1S/C36H33N18O2S2/c1-3-35-16-55-8-7-52(35)29-23(14-40-27(44-29)20-11-41-46-25(20)31-37-5-9-57-31)51-19-54(49-34(35)51)24-15-53-30-22(50-18-43-48-33(50)36(53,4-2)17-56-24)13-39-28(45-30)21-12-42-47-26(21)32-38-6-10-58-32/h5-6,9-14,18-19,24H,3-4,7-8,15-17H2,1-2H3,(H,41,46)(H,42,47)/q+1. The number of aromatic nitrogens is 16. The second-order valence-electron chi connectivity index (χ2n) is 14.5. The zero-order chi connectivity index (χ0) is 38.6. The Labute approximate surface area is 336 Å². The summed E-state index contributed by atoms with van der Waals surface area (Å²) in [6.45, 7) is 6.69. The van der Waals surface area contributed by atoms with E-state index in [1.807, 2.05) is 38.7 Å². The van der Waals surface area contributed by atoms with Crippen LogP contribution in [0.15, 0.2) is 60.6 Å². The van der Waals surface area contributed by atoms with Gasteiger partial charge < -0.3 is 19.3 Å². The molecule has 0 aromatic carbocycles. The Kier molecular flexibility index (Phi) is 7.31. The van der Waals surface area contributed by atoms with Gasteiger partial charge in [0.25, 0.3) is 0 Å². The maximum absolute atomic E-state index is 6.83. The summed E-state index contributed by atoms with van der Waals surface area (Å²) >= 11 is 3.05. The fourth-order valence-electron chi connectivity index (χ4n) is 8.79. The van der Waals surface area contributed by atoms with Crippen LogP contribution in [0.1, 0.15) is 44.6 Å². The van der Waals surface area contributed by atoms with Gasteiger partial charge in [-0.2, -0.15) is 14.8 Å². The molecular formula is C36H33N18O2S2+. The van der Waals surface area contributed by atoms with E-state index in [-0.39, 0.29) is 0 Å². The predicted molar refractivity (Wildman–Crippen MR) is 208 cm³/mol. The molecule has 0 amide bonds. The summed E-state index contributed by atoms with van der Waals surface area (Å²) in [5.74, 6) is 4.24. The number of thiazole rings is 2. The molecule has 0 aliphatic carbocycles. The van der Waals surface area contributed by atoms with E-state index in [0.29, 0.717) is 51.0 Å². The highest BCUT2D eigenvalue weighted by Gasteiger charge is 2.56. The maximum atomic E-state index is 6.83. The average molecular weight is 814 g/mol. The van der Waals surface area contributed by atoms with Crippen LogP contribution in [0.5, 0.6) is 0 Å². The number of morpholine rings is 2. The Balaban J connectivity index is 0.960. The van der Waals surface area contributed by atoms with Gasteiger partial charge in [0.1, 0.15) is 39.0 Å². The van der Waals surface area contributed by atoms with Crippen LogP contribution in [0.3, 0.4) is 0 Å². The third kappa shape index (κ3) is 4.61. The molecule has 3 atom stereocenters. The fourth-order valence-corrected chi connectivity index (χ4v) is 10.1. The summed E-state index contributed by atoms with van der Waals surface area (Å²) < 4.78 is 19.0. The van der Waals surface area contributed by atoms with Crippen molar-refractivity contribution in [3.8, 4) is 55.6 Å². The van der Waals surface area contributed by atoms with Gasteiger partial charge in [0.15, 0.2) is 40.3 Å². The SMILES string of the molecule is CCC12COC(n3c[n+]4c(n3)C3(CC)COCCN3c3nc(-c5cn[nH]c5-c5nccs5)ncc3-4)CN1c1nc(-c3cn[nH]c3-c3nccs3)ncc1-n1cnnc12. The second-order valence-corrected chi connectivity index (χ2v) is 16.3. The van der Waals surface area contributed by atoms with Crippen LogP contribution in [0.4, 0.5) is 11.6 Å². The highest BCUT2D eigenvalue weighted by Crippen LogP contribution is 2.48. The molecule has 2 fully saturated rings. The van der Waals surface area contributed by atoms with Crippen LogP contribution < -0.4 is 14.4 Å². The number of aromatic amines is 2. The number of fused-ring (bicyclic) bond motifs is 12. The number of hydrogen-bond acceptors (Lipinski definition) is 17. The zero-order valence-electron chi connectivity index (χ0n) is 31.1. The van der Waals surface area contributed by atoms with Crippen molar-refractivity contribution >= 4 is 34.3 Å². The highest BCUT2D eigenvalue weighted by atomic mass is 32.1. The Bertz CT molecular complexity index is 2830. The predicted octanol–water partition coefficient (Wildman–Crippen LogP) is 3.46. The first kappa shape index (κ1) is 33.7. The number of rotatable bonds is 7. The Morgan fingerprint density at radius 3 is 2.28 bits per heavy atom. The molecule has 0 spiro atoms. The van der Waals surface area contributed by atoms with E-state index in [1.54, 1.807) is 31.1 Å². The average Bonchev–Trinajstić information content (AvgIpc) is 4.13. The highest BCUT2D eigenvalue weighted by molar-refractivity contribution is 7.13. The van der Waals surface area contributed by atoms with Crippen molar-refractivity contribution in [1.82, 2.24) is 74.8 Å². The van der Waals surface area contributed by atoms with Gasteiger partial charge in [0, 0.05) is 34.8 Å². The Morgan fingerprint density at radius 2 is 1.57 bits per heavy atom. The molecule has 22 heteroatoms. The molecule has 3 unspecified atom stereocenters. The van der Waals surface area contributed by atoms with Gasteiger partial charge in [-0.1, -0.05) is 18.5 Å². The molecule has 290 valence electrons. The van der Waals surface area contributed by atoms with Crippen molar-refractivity contribution in [1.29, 1.82) is 0 Å². The minimum absolute atomic E-state index is 0.320. The molecule has 2 N–H and O–H groups in total. The smallest absolute Gasteiger partial charge is 0.310 e. The van der Waals surface area contributed by atoms with E-state index in [9.17, 15) is 0 Å². The van der Waals surface area contributed by atoms with Crippen molar-refractivity contribution in [2.75, 3.05) is 42.7 Å². The van der Waals surface area contributed by atoms with E-state index in [1.165, 1.54) is 22.7 Å². The minimum atomic E-state index is -0.653. The van der Waals surface area contributed by atoms with E-state index in [0.717, 1.165) is 73.6 Å². The summed E-state index contributed by atoms with van der Waals surface area (Å²) in [4.78, 5) is 33.8. The van der Waals surface area contributed by atoms with E-state index in [4.69, 9.17) is 34.5 Å². The molecule has 8 aromatic rings. The summed E-state index contributed by atoms with van der Waals surface area (Å²) in [7, 11) is 0. The molecule has 12 heterocycles. The number of hydrogen-bond donors (Lipinski definition) is 2. The lowest BCUT2D eigenvalue weighted by molar-refractivity contribution is -0.613. The van der Waals surface area contributed by atoms with Crippen molar-refractivity contribution in [3.05, 3.63) is 72.2 Å². The number of nitrogens with one attached hydrogen (secondary N) is 2. The van der Waals surface area contributed by atoms with Crippen LogP contribution in [0.2, 0.25) is 0 Å². The maximum Gasteiger partial charge on any atom is 0.310 e. The van der Waals surface area contributed by atoms with E-state index < -0.39 is 17.3 Å². The van der Waals surface area contributed by atoms with Gasteiger partial charge in [-0.25, -0.2) is 29.9 Å². The molecule has 0 bridgehead atoms. The van der Waals surface area contributed by atoms with Gasteiger partial charge in [-0.05, 0) is 12.8 Å². The van der Waals surface area contributed by atoms with E-state index in [2.05, 4.69) is 68.8 Å². The lowest BCUT2D eigenvalue weighted by Crippen LogP contribution is -2.63. The van der Waals surface area contributed by atoms with Crippen molar-refractivity contribution in [3.63, 3.8) is 0 Å². The topological polar surface area (TPSA) is 212 Å². The quantitative estimate of drug-likeness (QED) is 0.221. The molecule has 4 aliphatic heterocycles. The fraction of sp³-hybridized carbons (Fsp3) is 0.333. The normalized spacial score (nSPS) is 21.9. The van der Waals surface area contributed by atoms with Crippen LogP contribution in [-0.2, 0) is 20.6 Å². The number of H-pyrrole nitrogens is 2. The van der Waals surface area contributed by atoms with Gasteiger partial charge in [0.2, 0.25) is 12.6 Å². The first-order valence-electron chi connectivity index (χ1n) is 18.9. The monoisotopic (exact) mass is 813 g/mol.